The fraction of sp³-hybridized carbons (Fsp3) is 0.192. The minimum Gasteiger partial charge on any atom is -0.491 e. The molecule has 0 radical (unpaired) electrons. The van der Waals surface area contributed by atoms with Crippen LogP contribution in [0.5, 0.6) is 11.5 Å². The molecule has 0 saturated heterocycles. The molecule has 9 heteroatoms. The number of nitrogens with one attached hydrogen (secondary N) is 1. The van der Waals surface area contributed by atoms with Crippen LogP contribution in [-0.4, -0.2) is 41.0 Å². The number of nitrogens with zero attached hydrogens (tertiary/aromatic N) is 3. The second kappa shape index (κ2) is 11.0. The Labute approximate surface area is 207 Å². The van der Waals surface area contributed by atoms with Gasteiger partial charge in [-0.3, -0.25) is 4.79 Å². The summed E-state index contributed by atoms with van der Waals surface area (Å²) in [6, 6.07) is 17.2. The molecule has 0 aliphatic carbocycles. The van der Waals surface area contributed by atoms with Crippen molar-refractivity contribution in [3.63, 3.8) is 0 Å². The molecule has 0 spiro atoms. The van der Waals surface area contributed by atoms with E-state index in [4.69, 9.17) is 21.1 Å². The topological polar surface area (TPSA) is 76.6 Å². The van der Waals surface area contributed by atoms with Crippen LogP contribution in [-0.2, 0) is 11.4 Å². The number of aromatic nitrogens is 2. The molecule has 0 bridgehead atoms. The van der Waals surface area contributed by atoms with Crippen LogP contribution >= 0.6 is 11.6 Å². The number of carbonyl (C=O) groups excluding carboxylic acids is 1. The van der Waals surface area contributed by atoms with Gasteiger partial charge in [-0.1, -0.05) is 35.9 Å². The van der Waals surface area contributed by atoms with Gasteiger partial charge < -0.3 is 19.7 Å². The summed E-state index contributed by atoms with van der Waals surface area (Å²) in [5.41, 5.74) is 1.83. The van der Waals surface area contributed by atoms with Gasteiger partial charge in [0.1, 0.15) is 42.7 Å². The highest BCUT2D eigenvalue weighted by atomic mass is 35.5. The highest BCUT2D eigenvalue weighted by molar-refractivity contribution is 6.32. The molecule has 1 aromatic heterocycles. The molecule has 180 valence electrons. The third-order valence-electron chi connectivity index (χ3n) is 5.38. The molecular formula is C26H24ClFN4O3. The van der Waals surface area contributed by atoms with E-state index >= 15 is 0 Å². The minimum atomic E-state index is -0.330. The lowest BCUT2D eigenvalue weighted by Gasteiger charge is -2.17. The summed E-state index contributed by atoms with van der Waals surface area (Å²) in [6.45, 7) is 2.35. The number of rotatable bonds is 9. The summed E-state index contributed by atoms with van der Waals surface area (Å²) < 4.78 is 25.5. The summed E-state index contributed by atoms with van der Waals surface area (Å²) in [6.07, 6.45) is 1.46. The second-order valence-electron chi connectivity index (χ2n) is 7.81. The number of anilines is 2. The van der Waals surface area contributed by atoms with Gasteiger partial charge in [-0.15, -0.1) is 0 Å². The van der Waals surface area contributed by atoms with E-state index in [-0.39, 0.29) is 18.3 Å². The van der Waals surface area contributed by atoms with E-state index in [1.54, 1.807) is 48.3 Å². The summed E-state index contributed by atoms with van der Waals surface area (Å²) in [5, 5.41) is 4.33. The third-order valence-corrected chi connectivity index (χ3v) is 5.68. The zero-order chi connectivity index (χ0) is 24.8. The first-order valence-corrected chi connectivity index (χ1v) is 11.3. The van der Waals surface area contributed by atoms with Crippen LogP contribution < -0.4 is 14.8 Å². The Morgan fingerprint density at radius 3 is 2.66 bits per heavy atom. The molecule has 0 aliphatic rings. The number of amides is 1. The SMILES string of the molecule is CC(=O)N(C)CCOc1cccc2ncnc(Nc3ccc(OCc4ccccc4F)c(Cl)c3)c12. The molecule has 0 atom stereocenters. The molecule has 35 heavy (non-hydrogen) atoms. The van der Waals surface area contributed by atoms with Gasteiger partial charge in [0.2, 0.25) is 5.91 Å². The van der Waals surface area contributed by atoms with Crippen LogP contribution in [0, 0.1) is 5.82 Å². The zero-order valence-corrected chi connectivity index (χ0v) is 20.1. The third kappa shape index (κ3) is 5.96. The Bertz CT molecular complexity index is 1350. The van der Waals surface area contributed by atoms with Gasteiger partial charge in [-0.05, 0) is 36.4 Å². The lowest BCUT2D eigenvalue weighted by atomic mass is 10.2. The van der Waals surface area contributed by atoms with Gasteiger partial charge in [0.05, 0.1) is 22.5 Å². The number of ether oxygens (including phenoxy) is 2. The van der Waals surface area contributed by atoms with E-state index in [1.165, 1.54) is 19.3 Å². The first kappa shape index (κ1) is 24.2. The monoisotopic (exact) mass is 494 g/mol. The van der Waals surface area contributed by atoms with Crippen molar-refractivity contribution in [3.8, 4) is 11.5 Å². The number of hydrogen-bond acceptors (Lipinski definition) is 6. The number of benzene rings is 3. The van der Waals surface area contributed by atoms with Gasteiger partial charge >= 0.3 is 0 Å². The van der Waals surface area contributed by atoms with Crippen LogP contribution in [0.3, 0.4) is 0 Å². The van der Waals surface area contributed by atoms with Crippen LogP contribution in [0.15, 0.2) is 67.0 Å². The standard InChI is InChI=1S/C26H24ClFN4O3/c1-17(33)32(2)12-13-34-24-9-5-8-22-25(24)26(30-16-29-22)31-19-10-11-23(20(27)14-19)35-15-18-6-3-4-7-21(18)28/h3-11,14,16H,12-13,15H2,1-2H3,(H,29,30,31). The van der Waals surface area contributed by atoms with Crippen molar-refractivity contribution < 1.29 is 18.7 Å². The molecule has 3 aromatic carbocycles. The maximum absolute atomic E-state index is 13.8. The Balaban J connectivity index is 1.51. The molecule has 1 N–H and O–H groups in total. The number of halogens is 2. The predicted octanol–water partition coefficient (Wildman–Crippen LogP) is 5.60. The average molecular weight is 495 g/mol. The molecule has 0 unspecified atom stereocenters. The van der Waals surface area contributed by atoms with Gasteiger partial charge in [0.25, 0.3) is 0 Å². The lowest BCUT2D eigenvalue weighted by Crippen LogP contribution is -2.28. The average Bonchev–Trinajstić information content (AvgIpc) is 2.84. The number of hydrogen-bond donors (Lipinski definition) is 1. The molecule has 7 nitrogen and oxygen atoms in total. The molecule has 4 rings (SSSR count). The van der Waals surface area contributed by atoms with Crippen molar-refractivity contribution >= 4 is 39.9 Å². The predicted molar refractivity (Wildman–Crippen MR) is 134 cm³/mol. The number of fused-ring (bicyclic) bond motifs is 1. The Morgan fingerprint density at radius 1 is 1.06 bits per heavy atom. The Hall–Kier alpha value is -3.91. The maximum atomic E-state index is 13.8. The van der Waals surface area contributed by atoms with Gasteiger partial charge in [-0.2, -0.15) is 0 Å². The molecule has 0 saturated carbocycles. The molecule has 0 fully saturated rings. The van der Waals surface area contributed by atoms with Crippen molar-refractivity contribution in [1.82, 2.24) is 14.9 Å². The first-order valence-electron chi connectivity index (χ1n) is 10.9. The molecule has 1 amide bonds. The van der Waals surface area contributed by atoms with Gasteiger partial charge in [-0.25, -0.2) is 14.4 Å². The molecular weight excluding hydrogens is 471 g/mol. The smallest absolute Gasteiger partial charge is 0.219 e. The van der Waals surface area contributed by atoms with Crippen molar-refractivity contribution in [2.24, 2.45) is 0 Å². The fourth-order valence-corrected chi connectivity index (χ4v) is 3.58. The van der Waals surface area contributed by atoms with Crippen LogP contribution in [0.2, 0.25) is 5.02 Å². The maximum Gasteiger partial charge on any atom is 0.219 e. The quantitative estimate of drug-likeness (QED) is 0.326. The summed E-state index contributed by atoms with van der Waals surface area (Å²) in [4.78, 5) is 21.7. The van der Waals surface area contributed by atoms with Crippen molar-refractivity contribution in [1.29, 1.82) is 0 Å². The molecule has 4 aromatic rings. The van der Waals surface area contributed by atoms with Crippen LogP contribution in [0.25, 0.3) is 10.9 Å². The van der Waals surface area contributed by atoms with Crippen molar-refractivity contribution in [2.45, 2.75) is 13.5 Å². The van der Waals surface area contributed by atoms with E-state index < -0.39 is 0 Å². The normalized spacial score (nSPS) is 10.7. The second-order valence-corrected chi connectivity index (χ2v) is 8.22. The summed E-state index contributed by atoms with van der Waals surface area (Å²) in [5.74, 6) is 1.21. The minimum absolute atomic E-state index is 0.0320. The van der Waals surface area contributed by atoms with E-state index in [2.05, 4.69) is 15.3 Å². The van der Waals surface area contributed by atoms with E-state index in [0.29, 0.717) is 57.6 Å². The zero-order valence-electron chi connectivity index (χ0n) is 19.3. The fourth-order valence-electron chi connectivity index (χ4n) is 3.35. The highest BCUT2D eigenvalue weighted by Crippen LogP contribution is 2.34. The van der Waals surface area contributed by atoms with E-state index in [1.807, 2.05) is 18.2 Å². The van der Waals surface area contributed by atoms with Crippen molar-refractivity contribution in [2.75, 3.05) is 25.5 Å². The first-order chi connectivity index (χ1) is 16.9. The summed E-state index contributed by atoms with van der Waals surface area (Å²) >= 11 is 6.43. The summed E-state index contributed by atoms with van der Waals surface area (Å²) in [7, 11) is 1.72. The van der Waals surface area contributed by atoms with E-state index in [9.17, 15) is 9.18 Å². The molecule has 1 heterocycles. The number of likely N-dealkylation sites (N-methyl/N-ethyl adjacent to an activating group) is 1. The van der Waals surface area contributed by atoms with Crippen molar-refractivity contribution in [3.05, 3.63) is 83.4 Å². The van der Waals surface area contributed by atoms with Gasteiger partial charge in [0, 0.05) is 25.2 Å². The van der Waals surface area contributed by atoms with Crippen LogP contribution in [0.1, 0.15) is 12.5 Å². The van der Waals surface area contributed by atoms with E-state index in [0.717, 1.165) is 0 Å². The van der Waals surface area contributed by atoms with Crippen LogP contribution in [0.4, 0.5) is 15.9 Å². The van der Waals surface area contributed by atoms with Gasteiger partial charge in [0.15, 0.2) is 0 Å². The number of carbonyl (C=O) groups is 1. The lowest BCUT2D eigenvalue weighted by molar-refractivity contribution is -0.127. The Morgan fingerprint density at radius 2 is 1.89 bits per heavy atom. The molecule has 0 aliphatic heterocycles. The largest absolute Gasteiger partial charge is 0.491 e. The Kier molecular flexibility index (Phi) is 7.62. The highest BCUT2D eigenvalue weighted by Gasteiger charge is 2.13.